The second kappa shape index (κ2) is 7.13. The van der Waals surface area contributed by atoms with Crippen LogP contribution in [-0.4, -0.2) is 49.3 Å². The predicted molar refractivity (Wildman–Crippen MR) is 76.4 cm³/mol. The molecular weight excluding hydrogens is 281 g/mol. The van der Waals surface area contributed by atoms with Crippen LogP contribution in [0.3, 0.4) is 0 Å². The minimum Gasteiger partial charge on any atom is -0.396 e. The number of piperazine rings is 1. The summed E-state index contributed by atoms with van der Waals surface area (Å²) >= 11 is 0. The highest BCUT2D eigenvalue weighted by molar-refractivity contribution is 5.49. The van der Waals surface area contributed by atoms with Crippen LogP contribution in [-0.2, 0) is 6.18 Å². The molecule has 21 heavy (non-hydrogen) atoms. The Bertz CT molecular complexity index is 443. The monoisotopic (exact) mass is 302 g/mol. The third kappa shape index (κ3) is 4.61. The smallest absolute Gasteiger partial charge is 0.396 e. The number of nitrogens with zero attached hydrogens (tertiary/aromatic N) is 2. The second-order valence-corrected chi connectivity index (χ2v) is 5.31. The number of benzene rings is 1. The standard InChI is InChI=1S/C15H21F3N2O/c16-15(17,18)13-4-3-5-14(12-13)20-9-7-19(8-10-20)6-1-2-11-21/h3-5,12,21H,1-2,6-11H2. The lowest BCUT2D eigenvalue weighted by Gasteiger charge is -2.36. The fourth-order valence-corrected chi connectivity index (χ4v) is 2.56. The summed E-state index contributed by atoms with van der Waals surface area (Å²) in [6, 6.07) is 5.53. The molecule has 0 atom stereocenters. The zero-order valence-corrected chi connectivity index (χ0v) is 11.9. The van der Waals surface area contributed by atoms with Crippen molar-refractivity contribution in [2.24, 2.45) is 0 Å². The third-order valence-electron chi connectivity index (χ3n) is 3.79. The quantitative estimate of drug-likeness (QED) is 0.847. The van der Waals surface area contributed by atoms with E-state index in [1.807, 2.05) is 4.90 Å². The molecule has 0 saturated carbocycles. The van der Waals surface area contributed by atoms with Gasteiger partial charge in [-0.15, -0.1) is 0 Å². The first-order valence-corrected chi connectivity index (χ1v) is 7.26. The number of aliphatic hydroxyl groups excluding tert-OH is 1. The van der Waals surface area contributed by atoms with E-state index >= 15 is 0 Å². The van der Waals surface area contributed by atoms with Crippen molar-refractivity contribution in [2.75, 3.05) is 44.2 Å². The molecule has 1 fully saturated rings. The van der Waals surface area contributed by atoms with E-state index in [1.54, 1.807) is 6.07 Å². The van der Waals surface area contributed by atoms with Gasteiger partial charge in [-0.1, -0.05) is 6.07 Å². The molecule has 0 amide bonds. The lowest BCUT2D eigenvalue weighted by atomic mass is 10.1. The van der Waals surface area contributed by atoms with E-state index in [-0.39, 0.29) is 6.61 Å². The molecule has 3 nitrogen and oxygen atoms in total. The van der Waals surface area contributed by atoms with Crippen molar-refractivity contribution in [3.8, 4) is 0 Å². The van der Waals surface area contributed by atoms with Crippen LogP contribution in [0.25, 0.3) is 0 Å². The molecule has 1 aliphatic rings. The number of rotatable bonds is 5. The number of aliphatic hydroxyl groups is 1. The molecule has 2 rings (SSSR count). The summed E-state index contributed by atoms with van der Waals surface area (Å²) in [5.74, 6) is 0. The number of halogens is 3. The molecule has 0 aromatic heterocycles. The first-order chi connectivity index (χ1) is 10.0. The van der Waals surface area contributed by atoms with Gasteiger partial charge in [0.1, 0.15) is 0 Å². The minimum atomic E-state index is -4.29. The molecule has 0 spiro atoms. The molecule has 0 aliphatic carbocycles. The van der Waals surface area contributed by atoms with Crippen molar-refractivity contribution in [1.82, 2.24) is 4.90 Å². The van der Waals surface area contributed by atoms with Gasteiger partial charge in [-0.2, -0.15) is 13.2 Å². The van der Waals surface area contributed by atoms with Gasteiger partial charge in [-0.25, -0.2) is 0 Å². The highest BCUT2D eigenvalue weighted by Crippen LogP contribution is 2.31. The highest BCUT2D eigenvalue weighted by atomic mass is 19.4. The zero-order chi connectivity index (χ0) is 15.3. The van der Waals surface area contributed by atoms with Gasteiger partial charge in [0, 0.05) is 38.5 Å². The third-order valence-corrected chi connectivity index (χ3v) is 3.79. The Labute approximate surface area is 123 Å². The molecular formula is C15H21F3N2O. The van der Waals surface area contributed by atoms with Gasteiger partial charge in [0.15, 0.2) is 0 Å². The summed E-state index contributed by atoms with van der Waals surface area (Å²) in [4.78, 5) is 4.29. The Morgan fingerprint density at radius 1 is 1.05 bits per heavy atom. The maximum Gasteiger partial charge on any atom is 0.416 e. The van der Waals surface area contributed by atoms with Gasteiger partial charge in [0.05, 0.1) is 5.56 Å². The van der Waals surface area contributed by atoms with Crippen molar-refractivity contribution in [1.29, 1.82) is 0 Å². The van der Waals surface area contributed by atoms with Crippen LogP contribution in [0.1, 0.15) is 18.4 Å². The van der Waals surface area contributed by atoms with E-state index in [4.69, 9.17) is 5.11 Å². The fraction of sp³-hybridized carbons (Fsp3) is 0.600. The first-order valence-electron chi connectivity index (χ1n) is 7.26. The Morgan fingerprint density at radius 2 is 1.76 bits per heavy atom. The molecule has 0 bridgehead atoms. The maximum atomic E-state index is 12.7. The number of alkyl halides is 3. The molecule has 1 saturated heterocycles. The van der Waals surface area contributed by atoms with Crippen LogP contribution in [0.15, 0.2) is 24.3 Å². The normalized spacial score (nSPS) is 17.2. The second-order valence-electron chi connectivity index (χ2n) is 5.31. The number of unbranched alkanes of at least 4 members (excludes halogenated alkanes) is 1. The van der Waals surface area contributed by atoms with Crippen molar-refractivity contribution < 1.29 is 18.3 Å². The lowest BCUT2D eigenvalue weighted by molar-refractivity contribution is -0.137. The van der Waals surface area contributed by atoms with Gasteiger partial charge in [-0.3, -0.25) is 4.90 Å². The van der Waals surface area contributed by atoms with Crippen molar-refractivity contribution >= 4 is 5.69 Å². The van der Waals surface area contributed by atoms with Crippen LogP contribution in [0, 0.1) is 0 Å². The fourth-order valence-electron chi connectivity index (χ4n) is 2.56. The van der Waals surface area contributed by atoms with Crippen LogP contribution in [0.4, 0.5) is 18.9 Å². The number of hydrogen-bond donors (Lipinski definition) is 1. The Balaban J connectivity index is 1.90. The predicted octanol–water partition coefficient (Wildman–Crippen LogP) is 2.60. The maximum absolute atomic E-state index is 12.7. The average Bonchev–Trinajstić information content (AvgIpc) is 2.47. The van der Waals surface area contributed by atoms with Crippen LogP contribution < -0.4 is 4.90 Å². The van der Waals surface area contributed by atoms with Crippen LogP contribution >= 0.6 is 0 Å². The molecule has 1 heterocycles. The molecule has 1 aromatic rings. The molecule has 6 heteroatoms. The lowest BCUT2D eigenvalue weighted by Crippen LogP contribution is -2.46. The summed E-state index contributed by atoms with van der Waals surface area (Å²) in [5, 5.41) is 8.76. The summed E-state index contributed by atoms with van der Waals surface area (Å²) < 4.78 is 38.2. The van der Waals surface area contributed by atoms with E-state index in [1.165, 1.54) is 12.1 Å². The summed E-state index contributed by atoms with van der Waals surface area (Å²) in [6.45, 7) is 4.32. The zero-order valence-electron chi connectivity index (χ0n) is 11.9. The molecule has 0 unspecified atom stereocenters. The molecule has 118 valence electrons. The molecule has 1 aromatic carbocycles. The van der Waals surface area contributed by atoms with Crippen molar-refractivity contribution in [2.45, 2.75) is 19.0 Å². The Morgan fingerprint density at radius 3 is 2.38 bits per heavy atom. The van der Waals surface area contributed by atoms with Gasteiger partial charge in [0.2, 0.25) is 0 Å². The highest BCUT2D eigenvalue weighted by Gasteiger charge is 2.31. The minimum absolute atomic E-state index is 0.212. The van der Waals surface area contributed by atoms with Gasteiger partial charge >= 0.3 is 6.18 Å². The van der Waals surface area contributed by atoms with Crippen molar-refractivity contribution in [3.63, 3.8) is 0 Å². The van der Waals surface area contributed by atoms with Crippen LogP contribution in [0.5, 0.6) is 0 Å². The molecule has 1 N–H and O–H groups in total. The average molecular weight is 302 g/mol. The molecule has 1 aliphatic heterocycles. The van der Waals surface area contributed by atoms with E-state index in [0.717, 1.165) is 51.6 Å². The Kier molecular flexibility index (Phi) is 5.47. The SMILES string of the molecule is OCCCCN1CCN(c2cccc(C(F)(F)F)c2)CC1. The summed E-state index contributed by atoms with van der Waals surface area (Å²) in [5.41, 5.74) is 0.0465. The largest absolute Gasteiger partial charge is 0.416 e. The van der Waals surface area contributed by atoms with E-state index in [0.29, 0.717) is 5.69 Å². The van der Waals surface area contributed by atoms with Gasteiger partial charge < -0.3 is 10.0 Å². The summed E-state index contributed by atoms with van der Waals surface area (Å²) in [7, 11) is 0. The van der Waals surface area contributed by atoms with Crippen molar-refractivity contribution in [3.05, 3.63) is 29.8 Å². The number of hydrogen-bond acceptors (Lipinski definition) is 3. The Hall–Kier alpha value is -1.27. The first kappa shape index (κ1) is 16.1. The van der Waals surface area contributed by atoms with Gasteiger partial charge in [0.25, 0.3) is 0 Å². The van der Waals surface area contributed by atoms with E-state index in [9.17, 15) is 13.2 Å². The van der Waals surface area contributed by atoms with E-state index < -0.39 is 11.7 Å². The molecule has 0 radical (unpaired) electrons. The van der Waals surface area contributed by atoms with Crippen LogP contribution in [0.2, 0.25) is 0 Å². The van der Waals surface area contributed by atoms with E-state index in [2.05, 4.69) is 4.90 Å². The topological polar surface area (TPSA) is 26.7 Å². The summed E-state index contributed by atoms with van der Waals surface area (Å²) in [6.07, 6.45) is -2.53. The number of anilines is 1. The van der Waals surface area contributed by atoms with Gasteiger partial charge in [-0.05, 0) is 37.6 Å².